The third-order valence-electron chi connectivity index (χ3n) is 6.09. The van der Waals surface area contributed by atoms with E-state index in [2.05, 4.69) is 36.0 Å². The van der Waals surface area contributed by atoms with E-state index in [9.17, 15) is 9.59 Å². The van der Waals surface area contributed by atoms with Crippen LogP contribution in [0.25, 0.3) is 10.9 Å². The number of anilines is 1. The number of nitrogens with one attached hydrogen (secondary N) is 1. The fourth-order valence-corrected chi connectivity index (χ4v) is 4.61. The van der Waals surface area contributed by atoms with E-state index in [-0.39, 0.29) is 24.3 Å². The van der Waals surface area contributed by atoms with Crippen molar-refractivity contribution in [1.29, 1.82) is 0 Å². The van der Waals surface area contributed by atoms with Crippen molar-refractivity contribution in [1.82, 2.24) is 9.47 Å². The summed E-state index contributed by atoms with van der Waals surface area (Å²) in [7, 11) is 0. The van der Waals surface area contributed by atoms with E-state index in [0.29, 0.717) is 17.3 Å². The van der Waals surface area contributed by atoms with E-state index in [1.165, 1.54) is 11.8 Å². The number of carbonyl (C=O) groups is 2. The largest absolute Gasteiger partial charge is 0.468 e. The molecule has 0 saturated heterocycles. The van der Waals surface area contributed by atoms with Crippen LogP contribution in [0, 0.1) is 5.92 Å². The molecule has 6 nitrogen and oxygen atoms in total. The summed E-state index contributed by atoms with van der Waals surface area (Å²) in [5.41, 5.74) is 4.51. The molecule has 0 aliphatic carbocycles. The maximum atomic E-state index is 13.3. The number of carbonyl (C=O) groups excluding carboxylic acids is 2. The molecule has 1 aromatic carbocycles. The van der Waals surface area contributed by atoms with Crippen molar-refractivity contribution < 1.29 is 14.0 Å². The Morgan fingerprint density at radius 1 is 1.27 bits per heavy atom. The first-order chi connectivity index (χ1) is 14.5. The Morgan fingerprint density at radius 3 is 2.80 bits per heavy atom. The SMILES string of the molecule is CC(=O)N1CC2=C(C1=O)C(c1ccco1)c1cn(CCC(C)C)c3cccc(c13)N2. The number of hydrogen-bond acceptors (Lipinski definition) is 4. The topological polar surface area (TPSA) is 67.5 Å². The first-order valence-corrected chi connectivity index (χ1v) is 10.4. The zero-order valence-corrected chi connectivity index (χ0v) is 17.4. The van der Waals surface area contributed by atoms with E-state index < -0.39 is 0 Å². The Labute approximate surface area is 175 Å². The van der Waals surface area contributed by atoms with Crippen molar-refractivity contribution >= 4 is 28.4 Å². The van der Waals surface area contributed by atoms with Gasteiger partial charge < -0.3 is 14.3 Å². The van der Waals surface area contributed by atoms with Crippen LogP contribution < -0.4 is 5.32 Å². The second kappa shape index (κ2) is 6.90. The maximum Gasteiger partial charge on any atom is 0.259 e. The van der Waals surface area contributed by atoms with Crippen molar-refractivity contribution in [3.05, 3.63) is 65.4 Å². The van der Waals surface area contributed by atoms with Crippen LogP contribution in [0.5, 0.6) is 0 Å². The molecule has 4 heterocycles. The first-order valence-electron chi connectivity index (χ1n) is 10.4. The van der Waals surface area contributed by atoms with E-state index in [0.717, 1.165) is 40.8 Å². The minimum absolute atomic E-state index is 0.248. The fraction of sp³-hybridized carbons (Fsp3) is 0.333. The average Bonchev–Trinajstić information content (AvgIpc) is 3.40. The van der Waals surface area contributed by atoms with Crippen molar-refractivity contribution in [2.24, 2.45) is 5.92 Å². The van der Waals surface area contributed by atoms with Crippen LogP contribution in [-0.2, 0) is 16.1 Å². The average molecular weight is 403 g/mol. The van der Waals surface area contributed by atoms with E-state index in [1.54, 1.807) is 6.26 Å². The lowest BCUT2D eigenvalue weighted by Crippen LogP contribution is -2.33. The molecule has 1 atom stereocenters. The number of amides is 2. The minimum Gasteiger partial charge on any atom is -0.468 e. The summed E-state index contributed by atoms with van der Waals surface area (Å²) in [6.07, 6.45) is 4.86. The number of furan rings is 1. The molecule has 0 spiro atoms. The highest BCUT2D eigenvalue weighted by Crippen LogP contribution is 2.46. The summed E-state index contributed by atoms with van der Waals surface area (Å²) in [4.78, 5) is 26.7. The third-order valence-corrected chi connectivity index (χ3v) is 6.09. The van der Waals surface area contributed by atoms with Gasteiger partial charge >= 0.3 is 0 Å². The van der Waals surface area contributed by atoms with E-state index >= 15 is 0 Å². The fourth-order valence-electron chi connectivity index (χ4n) is 4.61. The predicted octanol–water partition coefficient (Wildman–Crippen LogP) is 4.48. The van der Waals surface area contributed by atoms with Crippen LogP contribution in [0.3, 0.4) is 0 Å². The Kier molecular flexibility index (Phi) is 4.31. The molecular weight excluding hydrogens is 378 g/mol. The standard InChI is InChI=1S/C24H25N3O3/c1-14(2)9-10-26-12-16-21-17(6-4-7-19(21)26)25-18-13-27(15(3)28)24(29)23(18)22(16)20-8-5-11-30-20/h4-8,11-12,14,22,25H,9-10,13H2,1-3H3. The second-order valence-corrected chi connectivity index (χ2v) is 8.54. The molecular formula is C24H25N3O3. The first kappa shape index (κ1) is 18.7. The van der Waals surface area contributed by atoms with Gasteiger partial charge in [0.15, 0.2) is 0 Å². The van der Waals surface area contributed by atoms with Crippen molar-refractivity contribution in [2.75, 3.05) is 11.9 Å². The monoisotopic (exact) mass is 403 g/mol. The molecule has 2 amide bonds. The van der Waals surface area contributed by atoms with Crippen molar-refractivity contribution in [3.8, 4) is 0 Å². The highest BCUT2D eigenvalue weighted by molar-refractivity contribution is 6.11. The number of aromatic nitrogens is 1. The van der Waals surface area contributed by atoms with Crippen LogP contribution in [-0.4, -0.2) is 27.8 Å². The molecule has 2 aromatic heterocycles. The van der Waals surface area contributed by atoms with Crippen molar-refractivity contribution in [2.45, 2.75) is 39.7 Å². The Hall–Kier alpha value is -3.28. The lowest BCUT2D eigenvalue weighted by Gasteiger charge is -2.17. The summed E-state index contributed by atoms with van der Waals surface area (Å²) >= 11 is 0. The summed E-state index contributed by atoms with van der Waals surface area (Å²) in [5, 5.41) is 4.59. The lowest BCUT2D eigenvalue weighted by molar-refractivity contribution is -0.139. The van der Waals surface area contributed by atoms with Gasteiger partial charge in [-0.3, -0.25) is 14.5 Å². The molecule has 1 unspecified atom stereocenters. The quantitative estimate of drug-likeness (QED) is 0.697. The molecule has 5 rings (SSSR count). The number of aryl methyl sites for hydroxylation is 1. The smallest absolute Gasteiger partial charge is 0.259 e. The van der Waals surface area contributed by atoms with Gasteiger partial charge in [-0.2, -0.15) is 0 Å². The minimum atomic E-state index is -0.356. The zero-order chi connectivity index (χ0) is 21.0. The Bertz CT molecular complexity index is 1180. The highest BCUT2D eigenvalue weighted by atomic mass is 16.3. The van der Waals surface area contributed by atoms with Crippen LogP contribution >= 0.6 is 0 Å². The summed E-state index contributed by atoms with van der Waals surface area (Å²) in [6, 6.07) is 9.95. The molecule has 30 heavy (non-hydrogen) atoms. The summed E-state index contributed by atoms with van der Waals surface area (Å²) in [5.74, 6) is 0.451. The number of hydrogen-bond donors (Lipinski definition) is 1. The van der Waals surface area contributed by atoms with Gasteiger partial charge in [0.25, 0.3) is 5.91 Å². The molecule has 6 heteroatoms. The summed E-state index contributed by atoms with van der Waals surface area (Å²) < 4.78 is 8.08. The van der Waals surface area contributed by atoms with Crippen LogP contribution in [0.4, 0.5) is 5.69 Å². The zero-order valence-electron chi connectivity index (χ0n) is 17.4. The van der Waals surface area contributed by atoms with Gasteiger partial charge in [0.05, 0.1) is 29.8 Å². The third kappa shape index (κ3) is 2.78. The van der Waals surface area contributed by atoms with Crippen LogP contribution in [0.2, 0.25) is 0 Å². The van der Waals surface area contributed by atoms with Crippen LogP contribution in [0.15, 0.2) is 58.5 Å². The molecule has 0 radical (unpaired) electrons. The molecule has 2 aliphatic rings. The number of imide groups is 1. The van der Waals surface area contributed by atoms with Gasteiger partial charge in [0, 0.05) is 36.4 Å². The molecule has 3 aromatic rings. The lowest BCUT2D eigenvalue weighted by atomic mass is 9.88. The van der Waals surface area contributed by atoms with Crippen LogP contribution in [0.1, 0.15) is 44.4 Å². The molecule has 154 valence electrons. The molecule has 1 N–H and O–H groups in total. The van der Waals surface area contributed by atoms with E-state index in [1.807, 2.05) is 24.3 Å². The molecule has 0 fully saturated rings. The molecule has 0 bridgehead atoms. The predicted molar refractivity (Wildman–Crippen MR) is 115 cm³/mol. The maximum absolute atomic E-state index is 13.3. The van der Waals surface area contributed by atoms with Gasteiger partial charge in [-0.15, -0.1) is 0 Å². The van der Waals surface area contributed by atoms with Crippen molar-refractivity contribution in [3.63, 3.8) is 0 Å². The summed E-state index contributed by atoms with van der Waals surface area (Å²) in [6.45, 7) is 7.04. The van der Waals surface area contributed by atoms with Gasteiger partial charge in [-0.1, -0.05) is 19.9 Å². The molecule has 0 saturated carbocycles. The Balaban J connectivity index is 1.73. The number of benzene rings is 1. The number of rotatable bonds is 4. The Morgan fingerprint density at radius 2 is 2.10 bits per heavy atom. The number of nitrogens with zero attached hydrogens (tertiary/aromatic N) is 2. The van der Waals surface area contributed by atoms with E-state index in [4.69, 9.17) is 4.42 Å². The normalized spacial score (nSPS) is 18.2. The van der Waals surface area contributed by atoms with Gasteiger partial charge in [0.1, 0.15) is 5.76 Å². The molecule has 2 aliphatic heterocycles. The van der Waals surface area contributed by atoms with Gasteiger partial charge in [0.2, 0.25) is 5.91 Å². The van der Waals surface area contributed by atoms with Gasteiger partial charge in [-0.05, 0) is 42.2 Å². The highest BCUT2D eigenvalue weighted by Gasteiger charge is 2.42. The van der Waals surface area contributed by atoms with Gasteiger partial charge in [-0.25, -0.2) is 0 Å². The second-order valence-electron chi connectivity index (χ2n) is 8.54.